The summed E-state index contributed by atoms with van der Waals surface area (Å²) in [7, 11) is 0. The molecule has 0 fully saturated rings. The number of rotatable bonds is 8. The molecule has 25 rings (SSSR count). The van der Waals surface area contributed by atoms with Crippen LogP contribution in [0.2, 0.25) is 0 Å². The van der Waals surface area contributed by atoms with Crippen molar-refractivity contribution in [2.75, 3.05) is 0 Å². The van der Waals surface area contributed by atoms with Gasteiger partial charge in [-0.1, -0.05) is 436 Å². The highest BCUT2D eigenvalue weighted by atomic mass is 14.3. The van der Waals surface area contributed by atoms with Gasteiger partial charge >= 0.3 is 0 Å². The van der Waals surface area contributed by atoms with Crippen LogP contribution in [-0.4, -0.2) is 0 Å². The predicted octanol–water partition coefficient (Wildman–Crippen LogP) is 34.5. The van der Waals surface area contributed by atoms with Crippen LogP contribution in [0.25, 0.3) is 240 Å². The van der Waals surface area contributed by atoms with Crippen molar-refractivity contribution in [2.24, 2.45) is 0 Å². The van der Waals surface area contributed by atoms with E-state index >= 15 is 0 Å². The minimum absolute atomic E-state index is 0.200. The fourth-order valence-corrected chi connectivity index (χ4v) is 18.4. The van der Waals surface area contributed by atoms with E-state index < -0.39 is 72.5 Å². The molecule has 0 aromatic heterocycles. The highest BCUT2D eigenvalue weighted by Gasteiger charge is 2.24. The molecule has 0 aliphatic carbocycles. The van der Waals surface area contributed by atoms with E-state index in [-0.39, 0.29) is 137 Å². The summed E-state index contributed by atoms with van der Waals surface area (Å²) in [6, 6.07) is 97.7. The second-order valence-corrected chi connectivity index (χ2v) is 30.5. The fourth-order valence-electron chi connectivity index (χ4n) is 18.4. The van der Waals surface area contributed by atoms with Gasteiger partial charge in [-0.05, 0) is 276 Å². The van der Waals surface area contributed by atoms with E-state index in [0.29, 0.717) is 66.8 Å². The SMILES string of the molecule is [2H]c1c([2H])c([2H])c2c(-c3cc4ccccc4c4ccccc34)c3c([2H])c([2H])c([2H])c([2H])c3c(-c3ccc(-c4ccc5ccccc5c4)cc3)c2c1[2H].[2H]c1c([2H])c([2H])c2c(-c3cc4ccccc4c4ccccc34)c3c([2H])c([2H])c([2H])c([2H])c3c(-c3cccc(-c4ccc5ccccc5c4)c3)c2c1[2H].[2H]c1c([2H])c([2H])c2c(-c3cc4ccccc4c4ccccc34)c3c([2H])c([2H])c([2H])c([2H])c3c(-c3ccccc3)c2c1[2H]. The molecule has 0 aliphatic heterocycles. The third-order valence-corrected chi connectivity index (χ3v) is 23.8. The Balaban J connectivity index is 0.000000122. The third kappa shape index (κ3) is 12.3. The van der Waals surface area contributed by atoms with Gasteiger partial charge in [-0.15, -0.1) is 0 Å². The molecular formula is C122H78. The maximum atomic E-state index is 9.41. The molecule has 25 aromatic carbocycles. The molecule has 25 aromatic rings. The minimum atomic E-state index is -0.418. The standard InChI is InChI=1S/2C44H28.C34H22/c1-2-13-30-26-32(25-24-29(30)12-1)31-15-11-16-34(27-31)43-38-20-7-9-22-40(38)44(41-23-10-8-21-39(41)43)42-28-33-14-3-4-17-35(33)36-18-5-6-19-37(36)42;1-2-12-32-27-33(26-23-29(32)11-1)30-21-24-31(25-22-30)43-38-17-7-9-19-40(38)44(41-20-10-8-18-39(41)43)42-28-34-13-3-4-14-35(34)36-15-5-6-16-37(36)42;1-2-12-23(13-3-1)33-28-18-8-10-20-30(28)34(31-21-11-9-19-29(31)33)32-22-24-14-4-5-15-25(24)26-16-6-7-17-27(26)32/h2*1-28H;1-22H/i7D,8D,9D,10D,20D,21D,22D,23D;7D,8D,9D,10D,17D,18D,19D,20D;8D,9D,10D,11D,18D,19D,20D,21D. The molecule has 0 nitrogen and oxygen atoms in total. The summed E-state index contributed by atoms with van der Waals surface area (Å²) in [5.74, 6) is 0. The van der Waals surface area contributed by atoms with Gasteiger partial charge in [-0.2, -0.15) is 0 Å². The van der Waals surface area contributed by atoms with E-state index in [4.69, 9.17) is 21.9 Å². The van der Waals surface area contributed by atoms with Crippen LogP contribution in [-0.2, 0) is 0 Å². The van der Waals surface area contributed by atoms with Crippen molar-refractivity contribution in [3.63, 3.8) is 0 Å². The predicted molar refractivity (Wildman–Crippen MR) is 528 cm³/mol. The Labute approximate surface area is 741 Å². The van der Waals surface area contributed by atoms with Gasteiger partial charge < -0.3 is 0 Å². The lowest BCUT2D eigenvalue weighted by Gasteiger charge is -2.20. The summed E-state index contributed by atoms with van der Waals surface area (Å²) in [6.45, 7) is 0. The lowest BCUT2D eigenvalue weighted by atomic mass is 9.83. The lowest BCUT2D eigenvalue weighted by Crippen LogP contribution is -1.92. The van der Waals surface area contributed by atoms with Crippen LogP contribution in [0.15, 0.2) is 473 Å². The summed E-state index contributed by atoms with van der Waals surface area (Å²) in [6.07, 6.45) is 0. The van der Waals surface area contributed by atoms with Crippen LogP contribution in [0, 0.1) is 0 Å². The highest BCUT2D eigenvalue weighted by Crippen LogP contribution is 2.52. The number of fused-ring (bicyclic) bond motifs is 17. The van der Waals surface area contributed by atoms with E-state index in [1.165, 1.54) is 0 Å². The van der Waals surface area contributed by atoms with Crippen molar-refractivity contribution in [3.05, 3.63) is 473 Å². The smallest absolute Gasteiger partial charge is 0.0622 e. The van der Waals surface area contributed by atoms with Crippen LogP contribution in [0.5, 0.6) is 0 Å². The molecule has 0 radical (unpaired) electrons. The second-order valence-electron chi connectivity index (χ2n) is 30.5. The van der Waals surface area contributed by atoms with E-state index in [2.05, 4.69) is 48.5 Å². The molecule has 122 heavy (non-hydrogen) atoms. The minimum Gasteiger partial charge on any atom is -0.0622 e. The molecule has 0 unspecified atom stereocenters. The lowest BCUT2D eigenvalue weighted by molar-refractivity contribution is 1.63. The number of benzene rings is 25. The van der Waals surface area contributed by atoms with Crippen LogP contribution in [0.4, 0.5) is 0 Å². The van der Waals surface area contributed by atoms with Gasteiger partial charge in [0.1, 0.15) is 0 Å². The van der Waals surface area contributed by atoms with E-state index in [1.807, 2.05) is 255 Å². The first kappa shape index (κ1) is 50.7. The van der Waals surface area contributed by atoms with E-state index in [9.17, 15) is 11.0 Å². The van der Waals surface area contributed by atoms with Gasteiger partial charge in [-0.25, -0.2) is 0 Å². The molecule has 0 atom stereocenters. The molecule has 0 aliphatic rings. The molecule has 0 bridgehead atoms. The van der Waals surface area contributed by atoms with Crippen molar-refractivity contribution in [1.29, 1.82) is 0 Å². The van der Waals surface area contributed by atoms with Crippen LogP contribution >= 0.6 is 0 Å². The van der Waals surface area contributed by atoms with Gasteiger partial charge in [0.15, 0.2) is 0 Å². The second kappa shape index (κ2) is 30.3. The van der Waals surface area contributed by atoms with Gasteiger partial charge in [0.25, 0.3) is 0 Å². The Morgan fingerprint density at radius 3 is 0.680 bits per heavy atom. The first-order valence-electron chi connectivity index (χ1n) is 52.4. The monoisotopic (exact) mass is 1570 g/mol. The largest absolute Gasteiger partial charge is 0.0629 e. The Hall–Kier alpha value is -15.9. The number of hydrogen-bond acceptors (Lipinski definition) is 0. The first-order chi connectivity index (χ1) is 70.5. The Bertz CT molecular complexity index is 9820. The molecule has 0 amide bonds. The van der Waals surface area contributed by atoms with E-state index in [0.717, 1.165) is 108 Å². The summed E-state index contributed by atoms with van der Waals surface area (Å²) in [5.41, 5.74) is 9.44. The molecule has 0 saturated heterocycles. The summed E-state index contributed by atoms with van der Waals surface area (Å²) in [5, 5.41) is 17.8. The summed E-state index contributed by atoms with van der Waals surface area (Å²) < 4.78 is 216. The maximum Gasteiger partial charge on any atom is 0.0629 e. The molecular weight excluding hydrogens is 1470 g/mol. The summed E-state index contributed by atoms with van der Waals surface area (Å²) >= 11 is 0. The average Bonchev–Trinajstić information content (AvgIpc) is 0.701. The van der Waals surface area contributed by atoms with Crippen molar-refractivity contribution < 1.29 is 32.9 Å². The highest BCUT2D eigenvalue weighted by molar-refractivity contribution is 6.30. The zero-order valence-electron chi connectivity index (χ0n) is 89.2. The average molecular weight is 1570 g/mol. The zero-order chi connectivity index (χ0) is 101. The van der Waals surface area contributed by atoms with Gasteiger partial charge in [-0.3, -0.25) is 0 Å². The van der Waals surface area contributed by atoms with Crippen molar-refractivity contribution in [1.82, 2.24) is 0 Å². The fraction of sp³-hybridized carbons (Fsp3) is 0. The maximum absolute atomic E-state index is 9.41. The molecule has 0 N–H and O–H groups in total. The molecule has 566 valence electrons. The van der Waals surface area contributed by atoms with Crippen LogP contribution < -0.4 is 0 Å². The topological polar surface area (TPSA) is 0 Å². The molecule has 0 saturated carbocycles. The Morgan fingerprint density at radius 1 is 0.115 bits per heavy atom. The summed E-state index contributed by atoms with van der Waals surface area (Å²) in [4.78, 5) is 0. The van der Waals surface area contributed by atoms with Crippen LogP contribution in [0.1, 0.15) is 32.9 Å². The van der Waals surface area contributed by atoms with Gasteiger partial charge in [0.2, 0.25) is 0 Å². The molecule has 0 heteroatoms. The molecule has 0 heterocycles. The normalized spacial score (nSPS) is 14.4. The van der Waals surface area contributed by atoms with Crippen LogP contribution in [0.3, 0.4) is 0 Å². The third-order valence-electron chi connectivity index (χ3n) is 23.8. The quantitative estimate of drug-likeness (QED) is 0.105. The van der Waals surface area contributed by atoms with E-state index in [1.54, 1.807) is 24.3 Å². The Kier molecular flexibility index (Phi) is 12.6. The zero-order valence-corrected chi connectivity index (χ0v) is 65.2. The van der Waals surface area contributed by atoms with Crippen molar-refractivity contribution in [3.8, 4) is 89.0 Å². The molecule has 0 spiro atoms. The van der Waals surface area contributed by atoms with Crippen molar-refractivity contribution >= 4 is 151 Å². The van der Waals surface area contributed by atoms with Crippen molar-refractivity contribution in [2.45, 2.75) is 0 Å². The van der Waals surface area contributed by atoms with Gasteiger partial charge in [0, 0.05) is 0 Å². The number of hydrogen-bond donors (Lipinski definition) is 0. The van der Waals surface area contributed by atoms with Gasteiger partial charge in [0.05, 0.1) is 32.9 Å². The first-order valence-corrected chi connectivity index (χ1v) is 40.4. The Morgan fingerprint density at radius 2 is 0.336 bits per heavy atom.